The number of benzene rings is 2. The standard InChI is InChI=1S/C17H16O4.C2H5NO/c1-12-7-3-6-10-15(12)21-11-13-8-4-5-9-14(13)16(18)17(19)20-2;1-2-3-4/h3-10H,11H2,1-2H3;2,4H,1H3. The van der Waals surface area contributed by atoms with Crippen LogP contribution in [0.25, 0.3) is 0 Å². The second kappa shape index (κ2) is 10.6. The van der Waals surface area contributed by atoms with Crippen LogP contribution in [0.4, 0.5) is 0 Å². The minimum atomic E-state index is -0.877. The minimum absolute atomic E-state index is 0.212. The Kier molecular flexibility index (Phi) is 8.43. The van der Waals surface area contributed by atoms with E-state index in [4.69, 9.17) is 9.94 Å². The van der Waals surface area contributed by atoms with E-state index in [1.165, 1.54) is 13.3 Å². The maximum absolute atomic E-state index is 11.9. The van der Waals surface area contributed by atoms with E-state index in [9.17, 15) is 9.59 Å². The van der Waals surface area contributed by atoms with Crippen molar-refractivity contribution >= 4 is 18.0 Å². The van der Waals surface area contributed by atoms with Crippen LogP contribution in [-0.2, 0) is 16.1 Å². The summed E-state index contributed by atoms with van der Waals surface area (Å²) < 4.78 is 10.2. The number of ketones is 1. The van der Waals surface area contributed by atoms with Gasteiger partial charge in [0.25, 0.3) is 5.78 Å². The number of hydrogen-bond acceptors (Lipinski definition) is 6. The van der Waals surface area contributed by atoms with Crippen LogP contribution >= 0.6 is 0 Å². The van der Waals surface area contributed by atoms with Gasteiger partial charge in [-0.15, -0.1) is 5.16 Å². The summed E-state index contributed by atoms with van der Waals surface area (Å²) >= 11 is 0. The molecule has 2 aromatic carbocycles. The first kappa shape index (κ1) is 19.9. The van der Waals surface area contributed by atoms with Crippen LogP contribution in [0.1, 0.15) is 28.4 Å². The molecule has 0 heterocycles. The molecule has 0 atom stereocenters. The van der Waals surface area contributed by atoms with Gasteiger partial charge in [0.1, 0.15) is 12.4 Å². The third kappa shape index (κ3) is 6.10. The molecule has 0 aliphatic carbocycles. The number of carbonyl (C=O) groups excluding carboxylic acids is 2. The second-order valence-corrected chi connectivity index (χ2v) is 4.91. The Labute approximate surface area is 146 Å². The van der Waals surface area contributed by atoms with Crippen molar-refractivity contribution in [2.75, 3.05) is 7.11 Å². The summed E-state index contributed by atoms with van der Waals surface area (Å²) in [7, 11) is 1.19. The van der Waals surface area contributed by atoms with E-state index >= 15 is 0 Å². The molecule has 6 nitrogen and oxygen atoms in total. The number of oxime groups is 1. The predicted molar refractivity (Wildman–Crippen MR) is 94.3 cm³/mol. The Morgan fingerprint density at radius 2 is 1.72 bits per heavy atom. The van der Waals surface area contributed by atoms with Gasteiger partial charge in [0.05, 0.1) is 7.11 Å². The number of aryl methyl sites for hydroxylation is 1. The van der Waals surface area contributed by atoms with Crippen LogP contribution in [0.2, 0.25) is 0 Å². The van der Waals surface area contributed by atoms with Crippen molar-refractivity contribution in [2.45, 2.75) is 20.5 Å². The number of carbonyl (C=O) groups is 2. The van der Waals surface area contributed by atoms with Gasteiger partial charge in [-0.25, -0.2) is 4.79 Å². The van der Waals surface area contributed by atoms with Gasteiger partial charge in [-0.1, -0.05) is 42.5 Å². The average molecular weight is 343 g/mol. The second-order valence-electron chi connectivity index (χ2n) is 4.91. The Hall–Kier alpha value is -3.15. The molecule has 0 aliphatic rings. The number of methoxy groups -OCH3 is 1. The molecule has 0 amide bonds. The van der Waals surface area contributed by atoms with Crippen LogP contribution in [0.5, 0.6) is 5.75 Å². The molecular weight excluding hydrogens is 322 g/mol. The number of nitrogens with zero attached hydrogens (tertiary/aromatic N) is 1. The zero-order chi connectivity index (χ0) is 18.7. The first-order chi connectivity index (χ1) is 12.0. The first-order valence-corrected chi connectivity index (χ1v) is 7.56. The largest absolute Gasteiger partial charge is 0.489 e. The number of rotatable bonds is 5. The highest BCUT2D eigenvalue weighted by atomic mass is 16.5. The Balaban J connectivity index is 0.000000705. The van der Waals surface area contributed by atoms with Crippen LogP contribution in [0.15, 0.2) is 53.7 Å². The Morgan fingerprint density at radius 1 is 1.12 bits per heavy atom. The molecule has 0 spiro atoms. The molecule has 2 rings (SSSR count). The molecule has 2 aromatic rings. The first-order valence-electron chi connectivity index (χ1n) is 7.56. The minimum Gasteiger partial charge on any atom is -0.489 e. The van der Waals surface area contributed by atoms with E-state index in [1.54, 1.807) is 31.2 Å². The Morgan fingerprint density at radius 3 is 2.32 bits per heavy atom. The summed E-state index contributed by atoms with van der Waals surface area (Å²) in [6, 6.07) is 14.5. The quantitative estimate of drug-likeness (QED) is 0.225. The zero-order valence-electron chi connectivity index (χ0n) is 14.4. The molecular formula is C19H21NO5. The monoisotopic (exact) mass is 343 g/mol. The molecule has 1 N–H and O–H groups in total. The molecule has 25 heavy (non-hydrogen) atoms. The average Bonchev–Trinajstić information content (AvgIpc) is 2.66. The SMILES string of the molecule is CC=NO.COC(=O)C(=O)c1ccccc1COc1ccccc1C. The van der Waals surface area contributed by atoms with Crippen molar-refractivity contribution in [1.29, 1.82) is 0 Å². The van der Waals surface area contributed by atoms with E-state index in [0.717, 1.165) is 11.3 Å². The molecule has 0 fully saturated rings. The van der Waals surface area contributed by atoms with Crippen molar-refractivity contribution in [3.05, 3.63) is 65.2 Å². The maximum Gasteiger partial charge on any atom is 0.379 e. The van der Waals surface area contributed by atoms with E-state index < -0.39 is 11.8 Å². The molecule has 0 aromatic heterocycles. The fourth-order valence-corrected chi connectivity index (χ4v) is 1.94. The third-order valence-corrected chi connectivity index (χ3v) is 3.23. The van der Waals surface area contributed by atoms with Gasteiger partial charge in [0.2, 0.25) is 0 Å². The lowest BCUT2D eigenvalue weighted by atomic mass is 10.0. The van der Waals surface area contributed by atoms with E-state index in [0.29, 0.717) is 11.1 Å². The van der Waals surface area contributed by atoms with Gasteiger partial charge in [-0.2, -0.15) is 0 Å². The van der Waals surface area contributed by atoms with E-state index in [-0.39, 0.29) is 6.61 Å². The number of esters is 1. The lowest BCUT2D eigenvalue weighted by Crippen LogP contribution is -2.18. The van der Waals surface area contributed by atoms with Crippen LogP contribution in [0.3, 0.4) is 0 Å². The molecule has 0 bridgehead atoms. The maximum atomic E-state index is 11.9. The van der Waals surface area contributed by atoms with Gasteiger partial charge in [-0.05, 0) is 25.5 Å². The molecule has 0 saturated heterocycles. The summed E-state index contributed by atoms with van der Waals surface area (Å²) in [6.07, 6.45) is 1.31. The van der Waals surface area contributed by atoms with Gasteiger partial charge in [-0.3, -0.25) is 4.79 Å². The van der Waals surface area contributed by atoms with Crippen LogP contribution in [-0.4, -0.2) is 30.3 Å². The molecule has 132 valence electrons. The highest BCUT2D eigenvalue weighted by Gasteiger charge is 2.19. The van der Waals surface area contributed by atoms with Gasteiger partial charge >= 0.3 is 5.97 Å². The fraction of sp³-hybridized carbons (Fsp3) is 0.211. The van der Waals surface area contributed by atoms with E-state index in [2.05, 4.69) is 9.89 Å². The van der Waals surface area contributed by atoms with Crippen LogP contribution < -0.4 is 4.74 Å². The van der Waals surface area contributed by atoms with Gasteiger partial charge < -0.3 is 14.7 Å². The summed E-state index contributed by atoms with van der Waals surface area (Å²) in [4.78, 5) is 23.3. The van der Waals surface area contributed by atoms with Gasteiger partial charge in [0, 0.05) is 17.3 Å². The van der Waals surface area contributed by atoms with Crippen molar-refractivity contribution in [3.8, 4) is 5.75 Å². The summed E-state index contributed by atoms with van der Waals surface area (Å²) in [5, 5.41) is 10.1. The van der Waals surface area contributed by atoms with Crippen molar-refractivity contribution in [2.24, 2.45) is 5.16 Å². The fourth-order valence-electron chi connectivity index (χ4n) is 1.94. The van der Waals surface area contributed by atoms with Crippen molar-refractivity contribution in [1.82, 2.24) is 0 Å². The number of Topliss-reactive ketones (excluding diaryl/α,β-unsaturated/α-hetero) is 1. The third-order valence-electron chi connectivity index (χ3n) is 3.23. The van der Waals surface area contributed by atoms with Gasteiger partial charge in [0.15, 0.2) is 0 Å². The Bertz CT molecular complexity index is 736. The summed E-state index contributed by atoms with van der Waals surface area (Å²) in [5.41, 5.74) is 1.96. The van der Waals surface area contributed by atoms with Crippen molar-refractivity contribution in [3.63, 3.8) is 0 Å². The highest BCUT2D eigenvalue weighted by Crippen LogP contribution is 2.19. The molecule has 0 unspecified atom stereocenters. The highest BCUT2D eigenvalue weighted by molar-refractivity contribution is 6.40. The molecule has 6 heteroatoms. The molecule has 0 aliphatic heterocycles. The lowest BCUT2D eigenvalue weighted by Gasteiger charge is -2.11. The number of para-hydroxylation sites is 1. The smallest absolute Gasteiger partial charge is 0.379 e. The van der Waals surface area contributed by atoms with Crippen LogP contribution in [0, 0.1) is 6.92 Å². The summed E-state index contributed by atoms with van der Waals surface area (Å²) in [5.74, 6) is -0.794. The zero-order valence-corrected chi connectivity index (χ0v) is 14.4. The predicted octanol–water partition coefficient (Wildman–Crippen LogP) is 3.40. The topological polar surface area (TPSA) is 85.2 Å². The normalized spacial score (nSPS) is 9.88. The lowest BCUT2D eigenvalue weighted by molar-refractivity contribution is -0.135. The summed E-state index contributed by atoms with van der Waals surface area (Å²) in [6.45, 7) is 3.80. The van der Waals surface area contributed by atoms with Crippen molar-refractivity contribution < 1.29 is 24.3 Å². The number of hydrogen-bond donors (Lipinski definition) is 1. The van der Waals surface area contributed by atoms with E-state index in [1.807, 2.05) is 31.2 Å². The molecule has 0 saturated carbocycles. The number of ether oxygens (including phenoxy) is 2. The molecule has 0 radical (unpaired) electrons.